The second-order valence-electron chi connectivity index (χ2n) is 7.67. The van der Waals surface area contributed by atoms with Gasteiger partial charge in [0.15, 0.2) is 0 Å². The summed E-state index contributed by atoms with van der Waals surface area (Å²) < 4.78 is 28.3. The zero-order chi connectivity index (χ0) is 17.6. The van der Waals surface area contributed by atoms with Gasteiger partial charge in [0.05, 0.1) is 4.90 Å². The van der Waals surface area contributed by atoms with Gasteiger partial charge < -0.3 is 4.90 Å². The van der Waals surface area contributed by atoms with Crippen LogP contribution in [-0.4, -0.2) is 37.3 Å². The van der Waals surface area contributed by atoms with Crippen molar-refractivity contribution in [3.8, 4) is 0 Å². The van der Waals surface area contributed by atoms with Crippen molar-refractivity contribution >= 4 is 21.6 Å². The number of rotatable bonds is 3. The molecule has 1 aliphatic carbocycles. The monoisotopic (exact) mass is 362 g/mol. The third-order valence-electron chi connectivity index (χ3n) is 6.07. The maximum absolute atomic E-state index is 13.2. The second-order valence-corrected chi connectivity index (χ2v) is 9.52. The van der Waals surface area contributed by atoms with Gasteiger partial charge in [-0.05, 0) is 62.8 Å². The standard InChI is InChI=1S/C19H26N2O3S/c1-14-13-15-5-2-3-6-18(15)21(14)25(23,24)17-10-8-16(9-11-17)20-12-4-7-19(20)22/h8-11,14-15,18H,2-7,12-13H2,1H3. The lowest BCUT2D eigenvalue weighted by Gasteiger charge is -2.32. The van der Waals surface area contributed by atoms with Crippen molar-refractivity contribution in [2.24, 2.45) is 5.92 Å². The number of benzene rings is 1. The summed E-state index contributed by atoms with van der Waals surface area (Å²) in [6.07, 6.45) is 6.90. The molecule has 0 N–H and O–H groups in total. The summed E-state index contributed by atoms with van der Waals surface area (Å²) >= 11 is 0. The first-order chi connectivity index (χ1) is 12.0. The molecule has 3 aliphatic rings. The first kappa shape index (κ1) is 17.0. The number of carbonyl (C=O) groups excluding carboxylic acids is 1. The summed E-state index contributed by atoms with van der Waals surface area (Å²) in [7, 11) is -3.48. The van der Waals surface area contributed by atoms with Gasteiger partial charge in [-0.2, -0.15) is 4.31 Å². The number of anilines is 1. The van der Waals surface area contributed by atoms with E-state index in [1.807, 2.05) is 6.92 Å². The van der Waals surface area contributed by atoms with Gasteiger partial charge in [-0.15, -0.1) is 0 Å². The third-order valence-corrected chi connectivity index (χ3v) is 8.12. The van der Waals surface area contributed by atoms with Crippen LogP contribution >= 0.6 is 0 Å². The van der Waals surface area contributed by atoms with Crippen LogP contribution in [0.2, 0.25) is 0 Å². The Morgan fingerprint density at radius 2 is 1.76 bits per heavy atom. The Kier molecular flexibility index (Phi) is 4.36. The molecule has 3 fully saturated rings. The highest BCUT2D eigenvalue weighted by atomic mass is 32.2. The average Bonchev–Trinajstić information content (AvgIpc) is 3.17. The summed E-state index contributed by atoms with van der Waals surface area (Å²) in [6.45, 7) is 2.75. The Bertz CT molecular complexity index is 759. The van der Waals surface area contributed by atoms with E-state index in [0.29, 0.717) is 17.2 Å². The van der Waals surface area contributed by atoms with E-state index in [0.717, 1.165) is 44.3 Å². The summed E-state index contributed by atoms with van der Waals surface area (Å²) in [5.41, 5.74) is 0.798. The summed E-state index contributed by atoms with van der Waals surface area (Å²) in [4.78, 5) is 14.0. The highest BCUT2D eigenvalue weighted by Crippen LogP contribution is 2.42. The number of fused-ring (bicyclic) bond motifs is 1. The fraction of sp³-hybridized carbons (Fsp3) is 0.632. The van der Waals surface area contributed by atoms with Crippen molar-refractivity contribution in [2.45, 2.75) is 68.8 Å². The molecule has 3 unspecified atom stereocenters. The SMILES string of the molecule is CC1CC2CCCCC2N1S(=O)(=O)c1ccc(N2CCCC2=O)cc1. The molecule has 1 amide bonds. The van der Waals surface area contributed by atoms with E-state index < -0.39 is 10.0 Å². The molecule has 0 bridgehead atoms. The minimum Gasteiger partial charge on any atom is -0.312 e. The van der Waals surface area contributed by atoms with E-state index in [1.54, 1.807) is 33.5 Å². The molecule has 1 aromatic rings. The molecule has 136 valence electrons. The Balaban J connectivity index is 1.60. The highest BCUT2D eigenvalue weighted by molar-refractivity contribution is 7.89. The topological polar surface area (TPSA) is 57.7 Å². The minimum atomic E-state index is -3.48. The van der Waals surface area contributed by atoms with Gasteiger partial charge in [-0.1, -0.05) is 12.8 Å². The molecular formula is C19H26N2O3S. The van der Waals surface area contributed by atoms with Crippen LogP contribution in [0.25, 0.3) is 0 Å². The van der Waals surface area contributed by atoms with Gasteiger partial charge in [0.25, 0.3) is 0 Å². The van der Waals surface area contributed by atoms with E-state index in [2.05, 4.69) is 0 Å². The van der Waals surface area contributed by atoms with Gasteiger partial charge in [-0.25, -0.2) is 8.42 Å². The molecule has 1 aromatic carbocycles. The van der Waals surface area contributed by atoms with Crippen LogP contribution in [-0.2, 0) is 14.8 Å². The molecule has 0 spiro atoms. The number of sulfonamides is 1. The largest absolute Gasteiger partial charge is 0.312 e. The Hall–Kier alpha value is -1.40. The Morgan fingerprint density at radius 1 is 1.04 bits per heavy atom. The van der Waals surface area contributed by atoms with Crippen molar-refractivity contribution in [1.29, 1.82) is 0 Å². The summed E-state index contributed by atoms with van der Waals surface area (Å²) in [5, 5.41) is 0. The van der Waals surface area contributed by atoms with Crippen LogP contribution in [0.3, 0.4) is 0 Å². The zero-order valence-electron chi connectivity index (χ0n) is 14.7. The molecule has 0 aromatic heterocycles. The normalized spacial score (nSPS) is 30.7. The quantitative estimate of drug-likeness (QED) is 0.830. The number of carbonyl (C=O) groups is 1. The molecule has 3 atom stereocenters. The highest BCUT2D eigenvalue weighted by Gasteiger charge is 2.46. The zero-order valence-corrected chi connectivity index (χ0v) is 15.5. The molecule has 4 rings (SSSR count). The molecule has 1 saturated carbocycles. The van der Waals surface area contributed by atoms with Gasteiger partial charge in [0, 0.05) is 30.7 Å². The average molecular weight is 362 g/mol. The van der Waals surface area contributed by atoms with Gasteiger partial charge in [-0.3, -0.25) is 4.79 Å². The lowest BCUT2D eigenvalue weighted by atomic mass is 9.85. The van der Waals surface area contributed by atoms with Crippen molar-refractivity contribution in [2.75, 3.05) is 11.4 Å². The number of nitrogens with zero attached hydrogens (tertiary/aromatic N) is 2. The minimum absolute atomic E-state index is 0.0675. The van der Waals surface area contributed by atoms with E-state index in [9.17, 15) is 13.2 Å². The first-order valence-corrected chi connectivity index (χ1v) is 10.9. The van der Waals surface area contributed by atoms with Crippen LogP contribution in [0.15, 0.2) is 29.2 Å². The lowest BCUT2D eigenvalue weighted by molar-refractivity contribution is -0.117. The predicted octanol–water partition coefficient (Wildman–Crippen LogP) is 3.16. The lowest BCUT2D eigenvalue weighted by Crippen LogP contribution is -2.42. The van der Waals surface area contributed by atoms with Gasteiger partial charge in [0.1, 0.15) is 0 Å². The fourth-order valence-corrected chi connectivity index (χ4v) is 6.84. The van der Waals surface area contributed by atoms with E-state index >= 15 is 0 Å². The maximum Gasteiger partial charge on any atom is 0.243 e. The van der Waals surface area contributed by atoms with Crippen LogP contribution in [0.4, 0.5) is 5.69 Å². The molecule has 0 radical (unpaired) electrons. The van der Waals surface area contributed by atoms with Crippen LogP contribution < -0.4 is 4.90 Å². The van der Waals surface area contributed by atoms with Crippen LogP contribution in [0.1, 0.15) is 51.9 Å². The molecule has 25 heavy (non-hydrogen) atoms. The summed E-state index contributed by atoms with van der Waals surface area (Å²) in [5.74, 6) is 0.633. The van der Waals surface area contributed by atoms with Crippen molar-refractivity contribution < 1.29 is 13.2 Å². The first-order valence-electron chi connectivity index (χ1n) is 9.42. The molecule has 5 nitrogen and oxygen atoms in total. The maximum atomic E-state index is 13.2. The van der Waals surface area contributed by atoms with Crippen LogP contribution in [0, 0.1) is 5.92 Å². The van der Waals surface area contributed by atoms with Gasteiger partial charge >= 0.3 is 0 Å². The summed E-state index contributed by atoms with van der Waals surface area (Å²) in [6, 6.07) is 7.11. The van der Waals surface area contributed by atoms with Gasteiger partial charge in [0.2, 0.25) is 15.9 Å². The van der Waals surface area contributed by atoms with Crippen molar-refractivity contribution in [3.05, 3.63) is 24.3 Å². The van der Waals surface area contributed by atoms with Crippen LogP contribution in [0.5, 0.6) is 0 Å². The fourth-order valence-electron chi connectivity index (χ4n) is 4.92. The Morgan fingerprint density at radius 3 is 2.44 bits per heavy atom. The van der Waals surface area contributed by atoms with E-state index in [-0.39, 0.29) is 18.0 Å². The molecular weight excluding hydrogens is 336 g/mol. The molecule has 2 heterocycles. The molecule has 2 saturated heterocycles. The van der Waals surface area contributed by atoms with Crippen molar-refractivity contribution in [1.82, 2.24) is 4.31 Å². The molecule has 2 aliphatic heterocycles. The van der Waals surface area contributed by atoms with Crippen molar-refractivity contribution in [3.63, 3.8) is 0 Å². The number of amides is 1. The Labute approximate surface area is 150 Å². The third kappa shape index (κ3) is 2.89. The number of hydrogen-bond acceptors (Lipinski definition) is 3. The smallest absolute Gasteiger partial charge is 0.243 e. The second kappa shape index (κ2) is 6.40. The number of hydrogen-bond donors (Lipinski definition) is 0. The van der Waals surface area contributed by atoms with E-state index in [1.165, 1.54) is 6.42 Å². The predicted molar refractivity (Wildman–Crippen MR) is 96.9 cm³/mol. The molecule has 6 heteroatoms. The van der Waals surface area contributed by atoms with E-state index in [4.69, 9.17) is 0 Å².